The number of rotatable bonds is 9. The predicted molar refractivity (Wildman–Crippen MR) is 90.9 cm³/mol. The summed E-state index contributed by atoms with van der Waals surface area (Å²) in [5.74, 6) is 0.547. The number of aliphatic hydroxyl groups is 1. The fourth-order valence-corrected chi connectivity index (χ4v) is 2.20. The Labute approximate surface area is 126 Å². The van der Waals surface area contributed by atoms with Crippen LogP contribution < -0.4 is 0 Å². The van der Waals surface area contributed by atoms with Gasteiger partial charge >= 0.3 is 0 Å². The maximum Gasteiger partial charge on any atom is 0.0725 e. The van der Waals surface area contributed by atoms with Gasteiger partial charge in [0.1, 0.15) is 0 Å². The molecule has 0 aliphatic rings. The smallest absolute Gasteiger partial charge is 0.0725 e. The van der Waals surface area contributed by atoms with E-state index in [2.05, 4.69) is 53.7 Å². The summed E-state index contributed by atoms with van der Waals surface area (Å²) in [7, 11) is 0. The second-order valence-corrected chi connectivity index (χ2v) is 6.62. The SMILES string of the molecule is CC(C)=CCCC(C)=CCCC(C)=CC(O)CC(C)C. The van der Waals surface area contributed by atoms with Crippen LogP contribution >= 0.6 is 0 Å². The van der Waals surface area contributed by atoms with Crippen molar-refractivity contribution in [1.29, 1.82) is 0 Å². The molecule has 0 aliphatic heterocycles. The van der Waals surface area contributed by atoms with Gasteiger partial charge < -0.3 is 5.11 Å². The third kappa shape index (κ3) is 12.2. The van der Waals surface area contributed by atoms with Gasteiger partial charge in [0.25, 0.3) is 0 Å². The van der Waals surface area contributed by atoms with Gasteiger partial charge in [-0.3, -0.25) is 0 Å². The lowest BCUT2D eigenvalue weighted by atomic mass is 10.0. The van der Waals surface area contributed by atoms with Crippen molar-refractivity contribution in [2.24, 2.45) is 5.92 Å². The molecule has 0 bridgehead atoms. The van der Waals surface area contributed by atoms with E-state index < -0.39 is 0 Å². The fourth-order valence-electron chi connectivity index (χ4n) is 2.20. The van der Waals surface area contributed by atoms with Gasteiger partial charge in [-0.2, -0.15) is 0 Å². The molecule has 0 saturated heterocycles. The molecule has 116 valence electrons. The molecule has 1 nitrogen and oxygen atoms in total. The molecule has 0 rings (SSSR count). The summed E-state index contributed by atoms with van der Waals surface area (Å²) in [5.41, 5.74) is 4.17. The highest BCUT2D eigenvalue weighted by molar-refractivity contribution is 5.06. The van der Waals surface area contributed by atoms with E-state index in [9.17, 15) is 5.11 Å². The maximum atomic E-state index is 9.87. The first-order chi connectivity index (χ1) is 9.31. The minimum absolute atomic E-state index is 0.280. The number of allylic oxidation sites excluding steroid dienone is 5. The van der Waals surface area contributed by atoms with Gasteiger partial charge in [-0.25, -0.2) is 0 Å². The zero-order chi connectivity index (χ0) is 15.5. The Balaban J connectivity index is 4.02. The Morgan fingerprint density at radius 2 is 1.45 bits per heavy atom. The first-order valence-corrected chi connectivity index (χ1v) is 7.95. The fraction of sp³-hybridized carbons (Fsp3) is 0.684. The molecule has 0 fully saturated rings. The van der Waals surface area contributed by atoms with E-state index >= 15 is 0 Å². The molecule has 0 aromatic carbocycles. The maximum absolute atomic E-state index is 9.87. The van der Waals surface area contributed by atoms with Crippen molar-refractivity contribution in [2.75, 3.05) is 0 Å². The lowest BCUT2D eigenvalue weighted by Gasteiger charge is -2.10. The zero-order valence-corrected chi connectivity index (χ0v) is 14.4. The van der Waals surface area contributed by atoms with E-state index in [-0.39, 0.29) is 6.10 Å². The highest BCUT2D eigenvalue weighted by Gasteiger charge is 2.03. The van der Waals surface area contributed by atoms with Crippen LogP contribution in [0.4, 0.5) is 0 Å². The normalized spacial score (nSPS) is 14.6. The van der Waals surface area contributed by atoms with E-state index in [1.807, 2.05) is 6.08 Å². The zero-order valence-electron chi connectivity index (χ0n) is 14.4. The molecule has 0 spiro atoms. The van der Waals surface area contributed by atoms with Gasteiger partial charge in [0.2, 0.25) is 0 Å². The highest BCUT2D eigenvalue weighted by atomic mass is 16.3. The van der Waals surface area contributed by atoms with E-state index in [1.165, 1.54) is 16.7 Å². The van der Waals surface area contributed by atoms with Crippen LogP contribution in [0.5, 0.6) is 0 Å². The van der Waals surface area contributed by atoms with Crippen LogP contribution in [0.2, 0.25) is 0 Å². The van der Waals surface area contributed by atoms with Crippen LogP contribution in [0, 0.1) is 5.92 Å². The Kier molecular flexibility index (Phi) is 10.5. The first-order valence-electron chi connectivity index (χ1n) is 7.95. The monoisotopic (exact) mass is 278 g/mol. The molecule has 1 atom stereocenters. The van der Waals surface area contributed by atoms with Gasteiger partial charge in [-0.05, 0) is 65.7 Å². The molecule has 1 N–H and O–H groups in total. The number of hydrogen-bond acceptors (Lipinski definition) is 1. The molecule has 0 amide bonds. The number of hydrogen-bond donors (Lipinski definition) is 1. The van der Waals surface area contributed by atoms with Crippen LogP contribution in [0.3, 0.4) is 0 Å². The number of aliphatic hydroxyl groups excluding tert-OH is 1. The van der Waals surface area contributed by atoms with Crippen molar-refractivity contribution in [3.63, 3.8) is 0 Å². The first kappa shape index (κ1) is 19.2. The van der Waals surface area contributed by atoms with Gasteiger partial charge in [-0.1, -0.05) is 48.8 Å². The van der Waals surface area contributed by atoms with E-state index in [0.29, 0.717) is 5.92 Å². The van der Waals surface area contributed by atoms with E-state index in [0.717, 1.165) is 32.1 Å². The second-order valence-electron chi connectivity index (χ2n) is 6.62. The Morgan fingerprint density at radius 1 is 0.900 bits per heavy atom. The molecule has 0 aliphatic carbocycles. The van der Waals surface area contributed by atoms with E-state index in [4.69, 9.17) is 0 Å². The van der Waals surface area contributed by atoms with Crippen LogP contribution in [-0.4, -0.2) is 11.2 Å². The third-order valence-corrected chi connectivity index (χ3v) is 3.31. The molecule has 0 radical (unpaired) electrons. The summed E-state index contributed by atoms with van der Waals surface area (Å²) in [4.78, 5) is 0. The van der Waals surface area contributed by atoms with Crippen molar-refractivity contribution in [3.05, 3.63) is 34.9 Å². The predicted octanol–water partition coefficient (Wildman–Crippen LogP) is 5.81. The van der Waals surface area contributed by atoms with Crippen LogP contribution in [0.1, 0.15) is 73.6 Å². The third-order valence-electron chi connectivity index (χ3n) is 3.31. The minimum atomic E-state index is -0.280. The average Bonchev–Trinajstić information content (AvgIpc) is 2.26. The van der Waals surface area contributed by atoms with Crippen LogP contribution in [-0.2, 0) is 0 Å². The molecule has 0 aromatic heterocycles. The van der Waals surface area contributed by atoms with Crippen molar-refractivity contribution in [1.82, 2.24) is 0 Å². The van der Waals surface area contributed by atoms with Gasteiger partial charge in [0, 0.05) is 0 Å². The van der Waals surface area contributed by atoms with Crippen molar-refractivity contribution in [3.8, 4) is 0 Å². The molecule has 1 unspecified atom stereocenters. The molecule has 0 saturated carbocycles. The Morgan fingerprint density at radius 3 is 2.00 bits per heavy atom. The standard InChI is InChI=1S/C19H34O/c1-15(2)9-7-10-17(5)11-8-12-18(6)14-19(20)13-16(3)4/h9,11,14,16,19-20H,7-8,10,12-13H2,1-6H3. The van der Waals surface area contributed by atoms with Crippen molar-refractivity contribution in [2.45, 2.75) is 79.8 Å². The lowest BCUT2D eigenvalue weighted by Crippen LogP contribution is -2.07. The highest BCUT2D eigenvalue weighted by Crippen LogP contribution is 2.13. The van der Waals surface area contributed by atoms with Gasteiger partial charge in [-0.15, -0.1) is 0 Å². The summed E-state index contributed by atoms with van der Waals surface area (Å²) in [6.45, 7) is 12.9. The molecule has 1 heteroatoms. The van der Waals surface area contributed by atoms with Gasteiger partial charge in [0.15, 0.2) is 0 Å². The Hall–Kier alpha value is -0.820. The largest absolute Gasteiger partial charge is 0.389 e. The van der Waals surface area contributed by atoms with Gasteiger partial charge in [0.05, 0.1) is 6.10 Å². The second kappa shape index (κ2) is 10.9. The van der Waals surface area contributed by atoms with Crippen molar-refractivity contribution >= 4 is 0 Å². The average molecular weight is 278 g/mol. The topological polar surface area (TPSA) is 20.2 Å². The molecule has 0 aromatic rings. The molecule has 20 heavy (non-hydrogen) atoms. The summed E-state index contributed by atoms with van der Waals surface area (Å²) < 4.78 is 0. The molecular formula is C19H34O. The minimum Gasteiger partial charge on any atom is -0.389 e. The quantitative estimate of drug-likeness (QED) is 0.527. The van der Waals surface area contributed by atoms with Crippen LogP contribution in [0.25, 0.3) is 0 Å². The van der Waals surface area contributed by atoms with Crippen LogP contribution in [0.15, 0.2) is 34.9 Å². The summed E-state index contributed by atoms with van der Waals surface area (Å²) >= 11 is 0. The molecule has 0 heterocycles. The summed E-state index contributed by atoms with van der Waals surface area (Å²) in [6, 6.07) is 0. The van der Waals surface area contributed by atoms with E-state index in [1.54, 1.807) is 0 Å². The summed E-state index contributed by atoms with van der Waals surface area (Å²) in [5, 5.41) is 9.87. The Bertz CT molecular complexity index is 341. The van der Waals surface area contributed by atoms with Crippen molar-refractivity contribution < 1.29 is 5.11 Å². The molecular weight excluding hydrogens is 244 g/mol. The summed E-state index contributed by atoms with van der Waals surface area (Å²) in [6.07, 6.45) is 11.7. The lowest BCUT2D eigenvalue weighted by molar-refractivity contribution is 0.194.